The molecule has 2 aromatic carbocycles. The van der Waals surface area contributed by atoms with Crippen LogP contribution in [0.2, 0.25) is 0 Å². The number of nitrogens with one attached hydrogen (secondary N) is 1. The van der Waals surface area contributed by atoms with Crippen LogP contribution in [0.3, 0.4) is 0 Å². The Hall–Kier alpha value is -2.49. The summed E-state index contributed by atoms with van der Waals surface area (Å²) in [6, 6.07) is 15.6. The van der Waals surface area contributed by atoms with Crippen molar-refractivity contribution in [3.63, 3.8) is 0 Å². The molecule has 2 aromatic rings. The Morgan fingerprint density at radius 3 is 2.17 bits per heavy atom. The fraction of sp³-hybridized carbons (Fsp3) is 0.364. The first-order chi connectivity index (χ1) is 14.1. The summed E-state index contributed by atoms with van der Waals surface area (Å²) in [6.45, 7) is 4.30. The minimum Gasteiger partial charge on any atom is -0.497 e. The first kappa shape index (κ1) is 23.8. The lowest BCUT2D eigenvalue weighted by Crippen LogP contribution is -2.52. The first-order valence-electron chi connectivity index (χ1n) is 9.66. The molecule has 1 N–H and O–H groups in total. The lowest BCUT2D eigenvalue weighted by atomic mass is 10.1. The number of ether oxygens (including phenoxy) is 2. The molecule has 7 nitrogen and oxygen atoms in total. The van der Waals surface area contributed by atoms with Crippen molar-refractivity contribution in [3.05, 3.63) is 59.7 Å². The highest BCUT2D eigenvalue weighted by molar-refractivity contribution is 14.0. The number of hydrogen-bond acceptors (Lipinski definition) is 5. The monoisotopic (exact) mass is 524 g/mol. The summed E-state index contributed by atoms with van der Waals surface area (Å²) in [4.78, 5) is 20.6. The van der Waals surface area contributed by atoms with Crippen LogP contribution in [0.25, 0.3) is 0 Å². The highest BCUT2D eigenvalue weighted by atomic mass is 127. The molecular weight excluding hydrogens is 495 g/mol. The number of anilines is 1. The average Bonchev–Trinajstić information content (AvgIpc) is 2.80. The molecular formula is C22H29IN4O3. The molecule has 162 valence electrons. The maximum absolute atomic E-state index is 11.5. The van der Waals surface area contributed by atoms with Crippen LogP contribution in [0.4, 0.5) is 5.69 Å². The van der Waals surface area contributed by atoms with Gasteiger partial charge in [-0.05, 0) is 42.0 Å². The van der Waals surface area contributed by atoms with Gasteiger partial charge in [0, 0.05) is 45.5 Å². The summed E-state index contributed by atoms with van der Waals surface area (Å²) in [7, 11) is 4.87. The lowest BCUT2D eigenvalue weighted by Gasteiger charge is -2.37. The van der Waals surface area contributed by atoms with Gasteiger partial charge in [0.25, 0.3) is 0 Å². The van der Waals surface area contributed by atoms with Crippen LogP contribution in [-0.4, -0.2) is 64.3 Å². The van der Waals surface area contributed by atoms with Gasteiger partial charge in [0.15, 0.2) is 5.96 Å². The largest absolute Gasteiger partial charge is 0.497 e. The molecule has 1 saturated heterocycles. The Morgan fingerprint density at radius 2 is 1.63 bits per heavy atom. The van der Waals surface area contributed by atoms with E-state index in [2.05, 4.69) is 32.2 Å². The minimum atomic E-state index is -0.324. The SMILES string of the molecule is CN=C(NCc1ccc(C(=O)OC)cc1)N1CCN(c2ccc(OC)cc2)CC1.I. The number of carbonyl (C=O) groups is 1. The van der Waals surface area contributed by atoms with Crippen molar-refractivity contribution >= 4 is 41.6 Å². The molecule has 1 heterocycles. The van der Waals surface area contributed by atoms with Crippen LogP contribution >= 0.6 is 24.0 Å². The van der Waals surface area contributed by atoms with Gasteiger partial charge in [0.05, 0.1) is 19.8 Å². The van der Waals surface area contributed by atoms with E-state index in [-0.39, 0.29) is 29.9 Å². The molecule has 0 unspecified atom stereocenters. The second-order valence-electron chi connectivity index (χ2n) is 6.76. The molecule has 0 spiro atoms. The molecule has 0 aromatic heterocycles. The van der Waals surface area contributed by atoms with Gasteiger partial charge in [-0.1, -0.05) is 12.1 Å². The van der Waals surface area contributed by atoms with Crippen LogP contribution < -0.4 is 15.0 Å². The number of piperazine rings is 1. The molecule has 0 bridgehead atoms. The second-order valence-corrected chi connectivity index (χ2v) is 6.76. The lowest BCUT2D eigenvalue weighted by molar-refractivity contribution is 0.0600. The van der Waals surface area contributed by atoms with E-state index >= 15 is 0 Å². The molecule has 0 atom stereocenters. The molecule has 0 amide bonds. The number of halogens is 1. The smallest absolute Gasteiger partial charge is 0.337 e. The molecule has 1 fully saturated rings. The Balaban J connectivity index is 0.00000320. The van der Waals surface area contributed by atoms with E-state index in [1.54, 1.807) is 26.3 Å². The molecule has 8 heteroatoms. The predicted molar refractivity (Wildman–Crippen MR) is 130 cm³/mol. The highest BCUT2D eigenvalue weighted by Gasteiger charge is 2.19. The van der Waals surface area contributed by atoms with Crippen molar-refractivity contribution < 1.29 is 14.3 Å². The van der Waals surface area contributed by atoms with Crippen LogP contribution in [0.1, 0.15) is 15.9 Å². The molecule has 30 heavy (non-hydrogen) atoms. The number of guanidine groups is 1. The third-order valence-electron chi connectivity index (χ3n) is 5.05. The van der Waals surface area contributed by atoms with E-state index in [0.29, 0.717) is 12.1 Å². The van der Waals surface area contributed by atoms with Crippen LogP contribution in [0.5, 0.6) is 5.75 Å². The summed E-state index contributed by atoms with van der Waals surface area (Å²) < 4.78 is 9.97. The summed E-state index contributed by atoms with van der Waals surface area (Å²) in [6.07, 6.45) is 0. The van der Waals surface area contributed by atoms with Gasteiger partial charge in [-0.25, -0.2) is 4.79 Å². The van der Waals surface area contributed by atoms with E-state index in [9.17, 15) is 4.79 Å². The van der Waals surface area contributed by atoms with Crippen molar-refractivity contribution in [1.29, 1.82) is 0 Å². The third kappa shape index (κ3) is 6.01. The predicted octanol–water partition coefficient (Wildman–Crippen LogP) is 3.00. The van der Waals surface area contributed by atoms with E-state index in [4.69, 9.17) is 9.47 Å². The van der Waals surface area contributed by atoms with Gasteiger partial charge < -0.3 is 24.6 Å². The van der Waals surface area contributed by atoms with Crippen molar-refractivity contribution in [2.45, 2.75) is 6.54 Å². The van der Waals surface area contributed by atoms with Gasteiger partial charge in [0.2, 0.25) is 0 Å². The maximum atomic E-state index is 11.5. The third-order valence-corrected chi connectivity index (χ3v) is 5.05. The number of methoxy groups -OCH3 is 2. The van der Waals surface area contributed by atoms with Crippen molar-refractivity contribution in [3.8, 4) is 5.75 Å². The summed E-state index contributed by atoms with van der Waals surface area (Å²) >= 11 is 0. The number of esters is 1. The molecule has 3 rings (SSSR count). The highest BCUT2D eigenvalue weighted by Crippen LogP contribution is 2.20. The molecule has 0 aliphatic carbocycles. The maximum Gasteiger partial charge on any atom is 0.337 e. The van der Waals surface area contributed by atoms with Crippen LogP contribution in [-0.2, 0) is 11.3 Å². The van der Waals surface area contributed by atoms with E-state index in [0.717, 1.165) is 43.5 Å². The molecule has 1 aliphatic heterocycles. The van der Waals surface area contributed by atoms with Crippen molar-refractivity contribution in [1.82, 2.24) is 10.2 Å². The summed E-state index contributed by atoms with van der Waals surface area (Å²) in [5.74, 6) is 1.43. The summed E-state index contributed by atoms with van der Waals surface area (Å²) in [5, 5.41) is 3.41. The number of benzene rings is 2. The Kier molecular flexibility index (Phi) is 9.22. The zero-order valence-corrected chi connectivity index (χ0v) is 20.0. The van der Waals surface area contributed by atoms with Gasteiger partial charge in [-0.2, -0.15) is 0 Å². The average molecular weight is 524 g/mol. The number of rotatable bonds is 5. The number of nitrogens with zero attached hydrogens (tertiary/aromatic N) is 3. The van der Waals surface area contributed by atoms with Gasteiger partial charge in [-0.15, -0.1) is 24.0 Å². The Labute approximate surface area is 195 Å². The minimum absolute atomic E-state index is 0. The van der Waals surface area contributed by atoms with Crippen LogP contribution in [0, 0.1) is 0 Å². The van der Waals surface area contributed by atoms with E-state index in [1.807, 2.05) is 24.3 Å². The normalized spacial score (nSPS) is 14.0. The number of hydrogen-bond donors (Lipinski definition) is 1. The Bertz CT molecular complexity index is 832. The van der Waals surface area contributed by atoms with Crippen molar-refractivity contribution in [2.75, 3.05) is 52.3 Å². The second kappa shape index (κ2) is 11.6. The van der Waals surface area contributed by atoms with Gasteiger partial charge in [0.1, 0.15) is 5.75 Å². The zero-order chi connectivity index (χ0) is 20.6. The zero-order valence-electron chi connectivity index (χ0n) is 17.6. The number of aliphatic imine (C=N–C) groups is 1. The molecule has 1 aliphatic rings. The van der Waals surface area contributed by atoms with Gasteiger partial charge >= 0.3 is 5.97 Å². The molecule has 0 radical (unpaired) electrons. The van der Waals surface area contributed by atoms with E-state index < -0.39 is 0 Å². The quantitative estimate of drug-likeness (QED) is 0.281. The molecule has 0 saturated carbocycles. The van der Waals surface area contributed by atoms with Gasteiger partial charge in [-0.3, -0.25) is 4.99 Å². The number of carbonyl (C=O) groups excluding carboxylic acids is 1. The standard InChI is InChI=1S/C22H28N4O3.HI/c1-23-22(24-16-17-4-6-18(7-5-17)21(27)29-3)26-14-12-25(13-15-26)19-8-10-20(28-2)11-9-19;/h4-11H,12-16H2,1-3H3,(H,23,24);1H. The fourth-order valence-electron chi connectivity index (χ4n) is 3.36. The fourth-order valence-corrected chi connectivity index (χ4v) is 3.36. The Morgan fingerprint density at radius 1 is 1.00 bits per heavy atom. The summed E-state index contributed by atoms with van der Waals surface area (Å²) in [5.41, 5.74) is 2.84. The first-order valence-corrected chi connectivity index (χ1v) is 9.66. The van der Waals surface area contributed by atoms with E-state index in [1.165, 1.54) is 12.8 Å². The van der Waals surface area contributed by atoms with Crippen LogP contribution in [0.15, 0.2) is 53.5 Å². The van der Waals surface area contributed by atoms with Crippen molar-refractivity contribution in [2.24, 2.45) is 4.99 Å². The topological polar surface area (TPSA) is 66.4 Å².